The monoisotopic (exact) mass is 1810 g/mol. The number of hydrogen-bond acceptors (Lipinski definition) is 4. The highest BCUT2D eigenvalue weighted by Gasteiger charge is 2.49. The normalized spacial score (nSPS) is 12.5. The van der Waals surface area contributed by atoms with Gasteiger partial charge in [0, 0.05) is 55.4 Å². The standard InChI is InChI=1S/C71H47NO.C67H45NO/c1-3-18-56(19-4-1)71(57-20-5-2-6-21-57)65-26-12-9-24-64(65)70-61(25-15-27-66(70)71)52-38-43-59(44-39-52)72(67-28-13-10-22-60(67)55-40-45-63-62-23-11-14-29-68(62)73-69(63)47-55)58-41-36-50(37-42-58)49-30-32-51(33-31-49)54-35-34-48-16-7-8-17-53(48)46-54;1-4-18-46(19-5-1)47-34-36-48(37-35-47)49-38-41-54(42-39-49)68(63-32-14-11-26-56(63)51-40-43-59-58-27-12-15-33-64(58)69-65(59)45-51)55-25-16-20-50(44-55)57-29-17-31-62-66(57)60-28-10-13-30-61(60)67(62,52-21-6-2-7-22-52)53-23-8-3-9-24-53/h1-47H;1-45H. The molecular weight excluding hydrogens is 1720 g/mol. The van der Waals surface area contributed by atoms with E-state index in [-0.39, 0.29) is 0 Å². The number of nitrogens with zero attached hydrogens (tertiary/aromatic N) is 2. The number of furan rings is 2. The highest BCUT2D eigenvalue weighted by Crippen LogP contribution is 2.61. The summed E-state index contributed by atoms with van der Waals surface area (Å²) < 4.78 is 12.9. The average molecular weight is 1810 g/mol. The molecule has 0 fully saturated rings. The fourth-order valence-corrected chi connectivity index (χ4v) is 22.9. The Morgan fingerprint density at radius 1 is 0.148 bits per heavy atom. The largest absolute Gasteiger partial charge is 0.456 e. The van der Waals surface area contributed by atoms with Crippen LogP contribution in [-0.4, -0.2) is 0 Å². The van der Waals surface area contributed by atoms with Crippen LogP contribution in [0.1, 0.15) is 44.5 Å². The Hall–Kier alpha value is -18.5. The summed E-state index contributed by atoms with van der Waals surface area (Å²) >= 11 is 0. The number of para-hydroxylation sites is 4. The van der Waals surface area contributed by atoms with Crippen molar-refractivity contribution in [3.63, 3.8) is 0 Å². The van der Waals surface area contributed by atoms with Crippen LogP contribution in [0.3, 0.4) is 0 Å². The van der Waals surface area contributed by atoms with Crippen LogP contribution < -0.4 is 9.80 Å². The Morgan fingerprint density at radius 2 is 0.437 bits per heavy atom. The zero-order valence-electron chi connectivity index (χ0n) is 77.8. The summed E-state index contributed by atoms with van der Waals surface area (Å²) in [5.41, 5.74) is 42.9. The smallest absolute Gasteiger partial charge is 0.136 e. The lowest BCUT2D eigenvalue weighted by atomic mass is 9.67. The molecule has 4 nitrogen and oxygen atoms in total. The third-order valence-corrected chi connectivity index (χ3v) is 29.4. The molecule has 2 aromatic heterocycles. The quantitative estimate of drug-likeness (QED) is 0.0857. The van der Waals surface area contributed by atoms with Gasteiger partial charge in [0.1, 0.15) is 22.3 Å². The van der Waals surface area contributed by atoms with Gasteiger partial charge in [0.25, 0.3) is 0 Å². The first kappa shape index (κ1) is 84.1. The molecule has 2 aliphatic carbocycles. The van der Waals surface area contributed by atoms with Gasteiger partial charge < -0.3 is 18.6 Å². The minimum Gasteiger partial charge on any atom is -0.456 e. The molecule has 0 unspecified atom stereocenters. The number of rotatable bonds is 18. The highest BCUT2D eigenvalue weighted by molar-refractivity contribution is 6.09. The van der Waals surface area contributed by atoms with Crippen LogP contribution in [0.5, 0.6) is 0 Å². The fraction of sp³-hybridized carbons (Fsp3) is 0.0145. The van der Waals surface area contributed by atoms with E-state index in [4.69, 9.17) is 8.83 Å². The second kappa shape index (κ2) is 35.6. The summed E-state index contributed by atoms with van der Waals surface area (Å²) in [5, 5.41) is 6.98. The average Bonchev–Trinajstić information content (AvgIpc) is 1.53. The van der Waals surface area contributed by atoms with E-state index in [1.807, 2.05) is 24.3 Å². The lowest BCUT2D eigenvalue weighted by molar-refractivity contribution is 0.668. The summed E-state index contributed by atoms with van der Waals surface area (Å²) in [7, 11) is 0. The van der Waals surface area contributed by atoms with Crippen LogP contribution in [0, 0.1) is 0 Å². The van der Waals surface area contributed by atoms with Crippen LogP contribution in [0.2, 0.25) is 0 Å². The van der Waals surface area contributed by atoms with Crippen molar-refractivity contribution in [1.29, 1.82) is 0 Å². The van der Waals surface area contributed by atoms with Crippen molar-refractivity contribution in [3.05, 3.63) is 603 Å². The topological polar surface area (TPSA) is 32.8 Å². The summed E-state index contributed by atoms with van der Waals surface area (Å²) in [4.78, 5) is 4.81. The number of anilines is 6. The molecule has 0 atom stereocenters. The highest BCUT2D eigenvalue weighted by atomic mass is 16.3. The second-order valence-electron chi connectivity index (χ2n) is 37.1. The molecule has 0 radical (unpaired) electrons. The third-order valence-electron chi connectivity index (χ3n) is 29.4. The first-order valence-electron chi connectivity index (χ1n) is 48.9. The van der Waals surface area contributed by atoms with Gasteiger partial charge in [-0.15, -0.1) is 0 Å². The van der Waals surface area contributed by atoms with E-state index in [0.717, 1.165) is 117 Å². The zero-order valence-corrected chi connectivity index (χ0v) is 77.8. The van der Waals surface area contributed by atoms with Crippen LogP contribution in [0.4, 0.5) is 34.1 Å². The molecule has 0 N–H and O–H groups in total. The third kappa shape index (κ3) is 14.4. The molecule has 0 saturated heterocycles. The van der Waals surface area contributed by atoms with Crippen LogP contribution in [0.15, 0.2) is 567 Å². The summed E-state index contributed by atoms with van der Waals surface area (Å²) in [6.07, 6.45) is 0. The maximum absolute atomic E-state index is 6.46. The molecule has 4 heteroatoms. The van der Waals surface area contributed by atoms with Crippen molar-refractivity contribution >= 4 is 88.8 Å². The summed E-state index contributed by atoms with van der Waals surface area (Å²) in [6.45, 7) is 0. The molecule has 0 amide bonds. The number of benzene rings is 23. The number of hydrogen-bond donors (Lipinski definition) is 0. The van der Waals surface area contributed by atoms with E-state index < -0.39 is 10.8 Å². The first-order valence-corrected chi connectivity index (χ1v) is 48.9. The summed E-state index contributed by atoms with van der Waals surface area (Å²) in [5.74, 6) is 0. The van der Waals surface area contributed by atoms with Gasteiger partial charge in [-0.2, -0.15) is 0 Å². The minimum atomic E-state index is -0.488. The van der Waals surface area contributed by atoms with Gasteiger partial charge in [0.15, 0.2) is 0 Å². The van der Waals surface area contributed by atoms with E-state index in [9.17, 15) is 0 Å². The SMILES string of the molecule is c1ccc(-c2ccc(-c3ccc(N(c4cccc(-c5cccc6c5-c5ccccc5C6(c5ccccc5)c5ccccc5)c4)c4ccccc4-c4ccc5c(c4)oc4ccccc45)cc3)cc2)cc1.c1ccc(C2(c3ccccc3)c3ccccc3-c3c(-c4ccc(N(c5ccc(-c6ccc(-c7ccc8ccccc8c7)cc6)cc5)c5ccccc5-c5ccc6c(c5)oc5ccccc56)cc4)cccc32)cc1. The molecule has 142 heavy (non-hydrogen) atoms. The Morgan fingerprint density at radius 3 is 0.887 bits per heavy atom. The van der Waals surface area contributed by atoms with Gasteiger partial charge in [0.2, 0.25) is 0 Å². The van der Waals surface area contributed by atoms with Crippen LogP contribution in [-0.2, 0) is 10.8 Å². The molecule has 25 aromatic rings. The van der Waals surface area contributed by atoms with E-state index in [1.165, 1.54) is 128 Å². The molecule has 27 rings (SSSR count). The molecule has 2 aliphatic rings. The van der Waals surface area contributed by atoms with Gasteiger partial charge in [-0.25, -0.2) is 0 Å². The fourth-order valence-electron chi connectivity index (χ4n) is 22.9. The Kier molecular flexibility index (Phi) is 21.1. The Bertz CT molecular complexity index is 8960. The molecule has 23 aromatic carbocycles. The van der Waals surface area contributed by atoms with Crippen molar-refractivity contribution in [3.8, 4) is 111 Å². The van der Waals surface area contributed by atoms with Gasteiger partial charge >= 0.3 is 0 Å². The maximum Gasteiger partial charge on any atom is 0.136 e. The van der Waals surface area contributed by atoms with Crippen molar-refractivity contribution in [1.82, 2.24) is 0 Å². The molecule has 0 saturated carbocycles. The molecule has 0 bridgehead atoms. The van der Waals surface area contributed by atoms with Crippen LogP contribution >= 0.6 is 0 Å². The molecule has 666 valence electrons. The van der Waals surface area contributed by atoms with E-state index in [0.29, 0.717) is 0 Å². The predicted octanol–water partition coefficient (Wildman–Crippen LogP) is 37.3. The van der Waals surface area contributed by atoms with Crippen molar-refractivity contribution in [2.75, 3.05) is 9.80 Å². The zero-order chi connectivity index (χ0) is 94.0. The summed E-state index contributed by atoms with van der Waals surface area (Å²) in [6, 6.07) is 203. The first-order chi connectivity index (χ1) is 70.4. The van der Waals surface area contributed by atoms with E-state index in [1.54, 1.807) is 0 Å². The van der Waals surface area contributed by atoms with E-state index >= 15 is 0 Å². The molecule has 0 aliphatic heterocycles. The van der Waals surface area contributed by atoms with Crippen molar-refractivity contribution in [2.24, 2.45) is 0 Å². The molecule has 0 spiro atoms. The Balaban J connectivity index is 0.000000146. The predicted molar refractivity (Wildman–Crippen MR) is 592 cm³/mol. The maximum atomic E-state index is 6.46. The van der Waals surface area contributed by atoms with E-state index in [2.05, 4.69) is 544 Å². The molecule has 2 heterocycles. The van der Waals surface area contributed by atoms with Crippen LogP contribution in [0.25, 0.3) is 166 Å². The minimum absolute atomic E-state index is 0.471. The van der Waals surface area contributed by atoms with Gasteiger partial charge in [-0.05, 0) is 259 Å². The van der Waals surface area contributed by atoms with Gasteiger partial charge in [-0.1, -0.05) is 455 Å². The molecular formula is C138H92N2O2. The van der Waals surface area contributed by atoms with Crippen molar-refractivity contribution < 1.29 is 8.83 Å². The van der Waals surface area contributed by atoms with Crippen molar-refractivity contribution in [2.45, 2.75) is 10.8 Å². The second-order valence-corrected chi connectivity index (χ2v) is 37.1. The van der Waals surface area contributed by atoms with Gasteiger partial charge in [-0.3, -0.25) is 0 Å². The lowest BCUT2D eigenvalue weighted by Crippen LogP contribution is -2.28. The van der Waals surface area contributed by atoms with Gasteiger partial charge in [0.05, 0.1) is 22.2 Å². The lowest BCUT2D eigenvalue weighted by Gasteiger charge is -2.34. The number of fused-ring (bicyclic) bond motifs is 13. The Labute approximate surface area is 826 Å².